The molecule has 0 radical (unpaired) electrons. The molecule has 0 fully saturated rings. The van der Waals surface area contributed by atoms with Crippen molar-refractivity contribution in [1.82, 2.24) is 0 Å². The van der Waals surface area contributed by atoms with Crippen LogP contribution in [0.4, 0.5) is 0 Å². The molecular formula is C29H28O3. The van der Waals surface area contributed by atoms with Gasteiger partial charge in [0.1, 0.15) is 17.1 Å². The van der Waals surface area contributed by atoms with Gasteiger partial charge in [0.2, 0.25) is 0 Å². The summed E-state index contributed by atoms with van der Waals surface area (Å²) in [7, 11) is 3.37. The van der Waals surface area contributed by atoms with Crippen LogP contribution in [0.2, 0.25) is 0 Å². The van der Waals surface area contributed by atoms with Crippen molar-refractivity contribution in [2.75, 3.05) is 14.2 Å². The fraction of sp³-hybridized carbons (Fsp3) is 0.172. The molecule has 0 aliphatic heterocycles. The first-order valence-corrected chi connectivity index (χ1v) is 10.7. The van der Waals surface area contributed by atoms with Gasteiger partial charge in [-0.15, -0.1) is 0 Å². The molecule has 0 aromatic heterocycles. The van der Waals surface area contributed by atoms with E-state index in [0.29, 0.717) is 6.61 Å². The maximum atomic E-state index is 6.94. The number of methoxy groups -OCH3 is 2. The lowest BCUT2D eigenvalue weighted by Gasteiger charge is -2.36. The number of hydrogen-bond acceptors (Lipinski definition) is 3. The summed E-state index contributed by atoms with van der Waals surface area (Å²) in [4.78, 5) is 0. The summed E-state index contributed by atoms with van der Waals surface area (Å²) >= 11 is 0. The highest BCUT2D eigenvalue weighted by molar-refractivity contribution is 5.49. The van der Waals surface area contributed by atoms with Gasteiger partial charge in [0.15, 0.2) is 0 Å². The fourth-order valence-corrected chi connectivity index (χ4v) is 4.28. The lowest BCUT2D eigenvalue weighted by atomic mass is 9.80. The molecule has 0 amide bonds. The summed E-state index contributed by atoms with van der Waals surface area (Å²) in [6.45, 7) is 2.36. The molecule has 0 spiro atoms. The normalized spacial score (nSPS) is 11.2. The van der Waals surface area contributed by atoms with Gasteiger partial charge in [0.05, 0.1) is 20.8 Å². The molecule has 0 saturated heterocycles. The Labute approximate surface area is 190 Å². The van der Waals surface area contributed by atoms with Crippen LogP contribution >= 0.6 is 0 Å². The van der Waals surface area contributed by atoms with Gasteiger partial charge in [-0.05, 0) is 41.3 Å². The van der Waals surface area contributed by atoms with Gasteiger partial charge >= 0.3 is 0 Å². The molecule has 0 atom stereocenters. The van der Waals surface area contributed by atoms with Gasteiger partial charge in [0, 0.05) is 5.56 Å². The third-order valence-corrected chi connectivity index (χ3v) is 5.75. The minimum Gasteiger partial charge on any atom is -0.497 e. The summed E-state index contributed by atoms with van der Waals surface area (Å²) in [6, 6.07) is 35.1. The molecule has 0 aliphatic carbocycles. The van der Waals surface area contributed by atoms with E-state index in [1.54, 1.807) is 14.2 Å². The zero-order valence-corrected chi connectivity index (χ0v) is 18.7. The van der Waals surface area contributed by atoms with Crippen molar-refractivity contribution in [3.05, 3.63) is 131 Å². The SMILES string of the molecule is COc1cc(C)c(OC)c(COC(c2ccccc2)(c2ccccc2)c2ccccc2)c1. The number of ether oxygens (including phenoxy) is 3. The molecule has 162 valence electrons. The second-order valence-electron chi connectivity index (χ2n) is 7.70. The van der Waals surface area contributed by atoms with Crippen molar-refractivity contribution in [3.8, 4) is 11.5 Å². The van der Waals surface area contributed by atoms with Gasteiger partial charge in [-0.1, -0.05) is 91.0 Å². The first kappa shape index (κ1) is 21.7. The summed E-state index contributed by atoms with van der Waals surface area (Å²) in [5.74, 6) is 1.60. The molecular weight excluding hydrogens is 396 g/mol. The lowest BCUT2D eigenvalue weighted by Crippen LogP contribution is -2.32. The van der Waals surface area contributed by atoms with Crippen molar-refractivity contribution in [3.63, 3.8) is 0 Å². The van der Waals surface area contributed by atoms with E-state index in [0.717, 1.165) is 39.3 Å². The highest BCUT2D eigenvalue weighted by Gasteiger charge is 2.37. The second kappa shape index (κ2) is 9.71. The quantitative estimate of drug-likeness (QED) is 0.301. The third kappa shape index (κ3) is 4.12. The summed E-state index contributed by atoms with van der Waals surface area (Å²) in [5.41, 5.74) is 4.36. The average Bonchev–Trinajstić information content (AvgIpc) is 2.86. The Morgan fingerprint density at radius 2 is 1.09 bits per heavy atom. The molecule has 3 nitrogen and oxygen atoms in total. The number of hydrogen-bond donors (Lipinski definition) is 0. The first-order valence-electron chi connectivity index (χ1n) is 10.7. The molecule has 4 aromatic carbocycles. The Morgan fingerprint density at radius 1 is 0.625 bits per heavy atom. The molecule has 0 unspecified atom stereocenters. The predicted octanol–water partition coefficient (Wildman–Crippen LogP) is 6.52. The van der Waals surface area contributed by atoms with Crippen LogP contribution in [0.3, 0.4) is 0 Å². The zero-order chi connectivity index (χ0) is 22.4. The minimum absolute atomic E-state index is 0.347. The molecule has 0 N–H and O–H groups in total. The van der Waals surface area contributed by atoms with E-state index in [9.17, 15) is 0 Å². The van der Waals surface area contributed by atoms with Crippen molar-refractivity contribution in [2.45, 2.75) is 19.1 Å². The van der Waals surface area contributed by atoms with E-state index >= 15 is 0 Å². The second-order valence-corrected chi connectivity index (χ2v) is 7.70. The average molecular weight is 425 g/mol. The van der Waals surface area contributed by atoms with E-state index in [1.807, 2.05) is 37.3 Å². The summed E-state index contributed by atoms with van der Waals surface area (Å²) in [6.07, 6.45) is 0. The van der Waals surface area contributed by atoms with Gasteiger partial charge in [-0.25, -0.2) is 0 Å². The van der Waals surface area contributed by atoms with Crippen molar-refractivity contribution in [1.29, 1.82) is 0 Å². The van der Waals surface area contributed by atoms with Crippen molar-refractivity contribution < 1.29 is 14.2 Å². The highest BCUT2D eigenvalue weighted by atomic mass is 16.5. The Balaban J connectivity index is 1.89. The molecule has 3 heteroatoms. The Bertz CT molecular complexity index is 1040. The number of rotatable bonds is 8. The molecule has 32 heavy (non-hydrogen) atoms. The molecule has 4 rings (SSSR count). The van der Waals surface area contributed by atoms with Crippen LogP contribution in [0.1, 0.15) is 27.8 Å². The minimum atomic E-state index is -0.786. The summed E-state index contributed by atoms with van der Waals surface area (Å²) < 4.78 is 18.2. The Hall–Kier alpha value is -3.56. The Morgan fingerprint density at radius 3 is 1.50 bits per heavy atom. The van der Waals surface area contributed by atoms with E-state index in [1.165, 1.54) is 0 Å². The number of aryl methyl sites for hydroxylation is 1. The van der Waals surface area contributed by atoms with E-state index < -0.39 is 5.60 Å². The van der Waals surface area contributed by atoms with Gasteiger partial charge in [-0.3, -0.25) is 0 Å². The van der Waals surface area contributed by atoms with Crippen LogP contribution in [0, 0.1) is 6.92 Å². The molecule has 0 saturated carbocycles. The van der Waals surface area contributed by atoms with Gasteiger partial charge in [-0.2, -0.15) is 0 Å². The van der Waals surface area contributed by atoms with Crippen LogP contribution in [0.5, 0.6) is 11.5 Å². The fourth-order valence-electron chi connectivity index (χ4n) is 4.28. The smallest absolute Gasteiger partial charge is 0.144 e. The van der Waals surface area contributed by atoms with Crippen LogP contribution in [0.15, 0.2) is 103 Å². The summed E-state index contributed by atoms with van der Waals surface area (Å²) in [5, 5.41) is 0. The van der Waals surface area contributed by atoms with Gasteiger partial charge < -0.3 is 14.2 Å². The van der Waals surface area contributed by atoms with E-state index in [4.69, 9.17) is 14.2 Å². The maximum absolute atomic E-state index is 6.94. The van der Waals surface area contributed by atoms with Crippen LogP contribution in [-0.4, -0.2) is 14.2 Å². The first-order chi connectivity index (χ1) is 15.7. The topological polar surface area (TPSA) is 27.7 Å². The maximum Gasteiger partial charge on any atom is 0.144 e. The predicted molar refractivity (Wildman–Crippen MR) is 128 cm³/mol. The van der Waals surface area contributed by atoms with Crippen LogP contribution < -0.4 is 9.47 Å². The van der Waals surface area contributed by atoms with Crippen LogP contribution in [0.25, 0.3) is 0 Å². The molecule has 4 aromatic rings. The largest absolute Gasteiger partial charge is 0.497 e. The molecule has 0 heterocycles. The monoisotopic (exact) mass is 424 g/mol. The molecule has 0 bridgehead atoms. The lowest BCUT2D eigenvalue weighted by molar-refractivity contribution is -0.000668. The van der Waals surface area contributed by atoms with Crippen LogP contribution in [-0.2, 0) is 16.9 Å². The van der Waals surface area contributed by atoms with E-state index in [2.05, 4.69) is 72.8 Å². The standard InChI is InChI=1S/C29H28O3/c1-22-19-27(30-2)20-23(28(22)31-3)21-32-29(24-13-7-4-8-14-24,25-15-9-5-10-16-25)26-17-11-6-12-18-26/h4-20H,21H2,1-3H3. The number of benzene rings is 4. The Kier molecular flexibility index (Phi) is 6.58. The molecule has 0 aliphatic rings. The van der Waals surface area contributed by atoms with Crippen molar-refractivity contribution >= 4 is 0 Å². The third-order valence-electron chi connectivity index (χ3n) is 5.75. The van der Waals surface area contributed by atoms with Crippen molar-refractivity contribution in [2.24, 2.45) is 0 Å². The zero-order valence-electron chi connectivity index (χ0n) is 18.7. The van der Waals surface area contributed by atoms with Gasteiger partial charge in [0.25, 0.3) is 0 Å². The van der Waals surface area contributed by atoms with E-state index in [-0.39, 0.29) is 0 Å². The highest BCUT2D eigenvalue weighted by Crippen LogP contribution is 2.42.